The first-order valence-corrected chi connectivity index (χ1v) is 6.82. The molecule has 1 saturated heterocycles. The van der Waals surface area contributed by atoms with Crippen molar-refractivity contribution in [3.05, 3.63) is 35.1 Å². The second-order valence-corrected chi connectivity index (χ2v) is 5.30. The Hall–Kier alpha value is -1.13. The molecule has 1 fully saturated rings. The van der Waals surface area contributed by atoms with Gasteiger partial charge in [-0.05, 0) is 57.0 Å². The first-order valence-electron chi connectivity index (χ1n) is 6.82. The number of hydrogen-bond donors (Lipinski definition) is 1. The molecular weight excluding hydrogens is 279 g/mol. The van der Waals surface area contributed by atoms with E-state index in [0.717, 1.165) is 31.5 Å². The first kappa shape index (κ1) is 16.9. The fourth-order valence-corrected chi connectivity index (χ4v) is 2.67. The van der Waals surface area contributed by atoms with Crippen molar-refractivity contribution in [3.63, 3.8) is 0 Å². The highest BCUT2D eigenvalue weighted by Crippen LogP contribution is 2.19. The van der Waals surface area contributed by atoms with Gasteiger partial charge >= 0.3 is 0 Å². The quantitative estimate of drug-likeness (QED) is 0.931. The number of rotatable bonds is 3. The Morgan fingerprint density at radius 2 is 2.25 bits per heavy atom. The number of aryl methyl sites for hydroxylation is 1. The average molecular weight is 301 g/mol. The van der Waals surface area contributed by atoms with Crippen molar-refractivity contribution in [1.29, 1.82) is 0 Å². The highest BCUT2D eigenvalue weighted by atomic mass is 35.5. The van der Waals surface area contributed by atoms with Gasteiger partial charge in [0, 0.05) is 13.1 Å². The van der Waals surface area contributed by atoms with Gasteiger partial charge in [0.25, 0.3) is 5.91 Å². The predicted octanol–water partition coefficient (Wildman–Crippen LogP) is 2.63. The van der Waals surface area contributed by atoms with Gasteiger partial charge in [-0.3, -0.25) is 4.79 Å². The van der Waals surface area contributed by atoms with Crippen molar-refractivity contribution in [3.8, 4) is 0 Å². The molecule has 1 heterocycles. The molecule has 3 nitrogen and oxygen atoms in total. The number of halogens is 2. The SMILES string of the molecule is CNCC1CCCN(C(=O)c2ccc(C)cc2F)C1.Cl. The fraction of sp³-hybridized carbons (Fsp3) is 0.533. The zero-order chi connectivity index (χ0) is 13.8. The molecule has 1 aromatic carbocycles. The molecule has 0 aliphatic carbocycles. The predicted molar refractivity (Wildman–Crippen MR) is 80.9 cm³/mol. The van der Waals surface area contributed by atoms with Crippen molar-refractivity contribution in [2.24, 2.45) is 5.92 Å². The molecule has 0 bridgehead atoms. The summed E-state index contributed by atoms with van der Waals surface area (Å²) in [5.41, 5.74) is 1.02. The lowest BCUT2D eigenvalue weighted by atomic mass is 9.97. The normalized spacial score (nSPS) is 18.6. The molecule has 112 valence electrons. The van der Waals surface area contributed by atoms with Crippen LogP contribution in [0.3, 0.4) is 0 Å². The van der Waals surface area contributed by atoms with E-state index in [1.165, 1.54) is 6.07 Å². The van der Waals surface area contributed by atoms with Gasteiger partial charge in [-0.1, -0.05) is 6.07 Å². The fourth-order valence-electron chi connectivity index (χ4n) is 2.67. The summed E-state index contributed by atoms with van der Waals surface area (Å²) in [4.78, 5) is 14.1. The lowest BCUT2D eigenvalue weighted by molar-refractivity contribution is 0.0669. The second kappa shape index (κ2) is 7.60. The van der Waals surface area contributed by atoms with Crippen LogP contribution in [0.25, 0.3) is 0 Å². The van der Waals surface area contributed by atoms with Crippen LogP contribution in [0.4, 0.5) is 4.39 Å². The molecule has 1 aliphatic heterocycles. The molecule has 1 amide bonds. The number of nitrogens with one attached hydrogen (secondary N) is 1. The van der Waals surface area contributed by atoms with Gasteiger partial charge in [-0.2, -0.15) is 0 Å². The van der Waals surface area contributed by atoms with Gasteiger partial charge in [-0.25, -0.2) is 4.39 Å². The molecule has 0 radical (unpaired) electrons. The van der Waals surface area contributed by atoms with E-state index in [2.05, 4.69) is 5.32 Å². The topological polar surface area (TPSA) is 32.3 Å². The number of likely N-dealkylation sites (tertiary alicyclic amines) is 1. The summed E-state index contributed by atoms with van der Waals surface area (Å²) in [5.74, 6) is -0.129. The summed E-state index contributed by atoms with van der Waals surface area (Å²) >= 11 is 0. The van der Waals surface area contributed by atoms with Crippen LogP contribution in [0.2, 0.25) is 0 Å². The minimum atomic E-state index is -0.416. The van der Waals surface area contributed by atoms with E-state index in [4.69, 9.17) is 0 Å². The maximum Gasteiger partial charge on any atom is 0.256 e. The number of carbonyl (C=O) groups is 1. The van der Waals surface area contributed by atoms with Gasteiger partial charge in [0.05, 0.1) is 5.56 Å². The maximum absolute atomic E-state index is 13.8. The van der Waals surface area contributed by atoms with Crippen molar-refractivity contribution in [1.82, 2.24) is 10.2 Å². The third kappa shape index (κ3) is 3.93. The van der Waals surface area contributed by atoms with Crippen LogP contribution in [-0.2, 0) is 0 Å². The Kier molecular flexibility index (Phi) is 6.43. The smallest absolute Gasteiger partial charge is 0.256 e. The Labute approximate surface area is 125 Å². The van der Waals surface area contributed by atoms with Crippen molar-refractivity contribution >= 4 is 18.3 Å². The Morgan fingerprint density at radius 3 is 2.90 bits per heavy atom. The van der Waals surface area contributed by atoms with Crippen molar-refractivity contribution < 1.29 is 9.18 Å². The molecule has 1 N–H and O–H groups in total. The summed E-state index contributed by atoms with van der Waals surface area (Å²) in [6.07, 6.45) is 2.12. The van der Waals surface area contributed by atoms with Crippen LogP contribution in [-0.4, -0.2) is 37.5 Å². The van der Waals surface area contributed by atoms with Crippen LogP contribution in [0.15, 0.2) is 18.2 Å². The standard InChI is InChI=1S/C15H21FN2O.ClH/c1-11-5-6-13(14(16)8-11)15(19)18-7-3-4-12(10-18)9-17-2;/h5-6,8,12,17H,3-4,7,9-10H2,1-2H3;1H. The number of amides is 1. The monoisotopic (exact) mass is 300 g/mol. The van der Waals surface area contributed by atoms with E-state index in [-0.39, 0.29) is 23.9 Å². The summed E-state index contributed by atoms with van der Waals surface area (Å²) < 4.78 is 13.8. The zero-order valence-electron chi connectivity index (χ0n) is 12.0. The summed E-state index contributed by atoms with van der Waals surface area (Å²) in [7, 11) is 1.92. The van der Waals surface area contributed by atoms with E-state index in [1.807, 2.05) is 14.0 Å². The first-order chi connectivity index (χ1) is 9.11. The molecule has 1 atom stereocenters. The largest absolute Gasteiger partial charge is 0.338 e. The van der Waals surface area contributed by atoms with Crippen LogP contribution in [0.1, 0.15) is 28.8 Å². The lowest BCUT2D eigenvalue weighted by Crippen LogP contribution is -2.42. The molecule has 1 aliphatic rings. The van der Waals surface area contributed by atoms with Crippen molar-refractivity contribution in [2.45, 2.75) is 19.8 Å². The zero-order valence-corrected chi connectivity index (χ0v) is 12.8. The third-order valence-electron chi connectivity index (χ3n) is 3.65. The summed E-state index contributed by atoms with van der Waals surface area (Å²) in [6, 6.07) is 4.79. The average Bonchev–Trinajstić information content (AvgIpc) is 2.39. The molecule has 20 heavy (non-hydrogen) atoms. The van der Waals surface area contributed by atoms with Crippen LogP contribution in [0.5, 0.6) is 0 Å². The van der Waals surface area contributed by atoms with Gasteiger partial charge < -0.3 is 10.2 Å². The van der Waals surface area contributed by atoms with E-state index in [1.54, 1.807) is 17.0 Å². The highest BCUT2D eigenvalue weighted by molar-refractivity contribution is 5.94. The molecule has 0 spiro atoms. The van der Waals surface area contributed by atoms with E-state index in [9.17, 15) is 9.18 Å². The number of carbonyl (C=O) groups excluding carboxylic acids is 1. The summed E-state index contributed by atoms with van der Waals surface area (Å²) in [5, 5.41) is 3.14. The van der Waals surface area contributed by atoms with Gasteiger partial charge in [0.15, 0.2) is 0 Å². The number of hydrogen-bond acceptors (Lipinski definition) is 2. The molecular formula is C15H22ClFN2O. The number of nitrogens with zero attached hydrogens (tertiary/aromatic N) is 1. The lowest BCUT2D eigenvalue weighted by Gasteiger charge is -2.32. The molecule has 1 aromatic rings. The number of benzene rings is 1. The highest BCUT2D eigenvalue weighted by Gasteiger charge is 2.25. The minimum Gasteiger partial charge on any atom is -0.338 e. The minimum absolute atomic E-state index is 0. The van der Waals surface area contributed by atoms with Gasteiger partial charge in [0.1, 0.15) is 5.82 Å². The Morgan fingerprint density at radius 1 is 1.50 bits per heavy atom. The third-order valence-corrected chi connectivity index (χ3v) is 3.65. The van der Waals surface area contributed by atoms with E-state index in [0.29, 0.717) is 12.5 Å². The molecule has 1 unspecified atom stereocenters. The Balaban J connectivity index is 0.00000200. The van der Waals surface area contributed by atoms with Gasteiger partial charge in [-0.15, -0.1) is 12.4 Å². The second-order valence-electron chi connectivity index (χ2n) is 5.30. The number of piperidine rings is 1. The molecule has 5 heteroatoms. The van der Waals surface area contributed by atoms with Crippen LogP contribution < -0.4 is 5.32 Å². The van der Waals surface area contributed by atoms with E-state index >= 15 is 0 Å². The molecule has 0 aromatic heterocycles. The van der Waals surface area contributed by atoms with Crippen molar-refractivity contribution in [2.75, 3.05) is 26.7 Å². The van der Waals surface area contributed by atoms with E-state index < -0.39 is 5.82 Å². The van der Waals surface area contributed by atoms with Gasteiger partial charge in [0.2, 0.25) is 0 Å². The molecule has 0 saturated carbocycles. The summed E-state index contributed by atoms with van der Waals surface area (Å²) in [6.45, 7) is 4.17. The molecule has 2 rings (SSSR count). The maximum atomic E-state index is 13.8. The Bertz CT molecular complexity index is 465. The van der Waals surface area contributed by atoms with Crippen LogP contribution >= 0.6 is 12.4 Å². The van der Waals surface area contributed by atoms with Crippen LogP contribution in [0, 0.1) is 18.7 Å².